The molecule has 9 aromatic heterocycles. The summed E-state index contributed by atoms with van der Waals surface area (Å²) in [6.45, 7) is 0. The molecule has 0 aliphatic carbocycles. The van der Waals surface area contributed by atoms with E-state index < -0.39 is 0 Å². The highest BCUT2D eigenvalue weighted by Crippen LogP contribution is 2.48. The third-order valence-electron chi connectivity index (χ3n) is 27.9. The summed E-state index contributed by atoms with van der Waals surface area (Å²) in [7, 11) is 0. The molecule has 0 aliphatic rings. The molecular formula is C128H78N10OS. The summed E-state index contributed by atoms with van der Waals surface area (Å²) in [6.07, 6.45) is 0. The first-order valence-corrected chi connectivity index (χ1v) is 48.1. The highest BCUT2D eigenvalue weighted by Gasteiger charge is 2.27. The number of rotatable bonds is 10. The summed E-state index contributed by atoms with van der Waals surface area (Å²) >= 11 is 1.89. The number of thiophene rings is 1. The quantitative estimate of drug-likeness (QED) is 0.134. The minimum Gasteiger partial charge on any atom is -0.456 e. The predicted molar refractivity (Wildman–Crippen MR) is 584 cm³/mol. The summed E-state index contributed by atoms with van der Waals surface area (Å²) in [5, 5.41) is 21.9. The monoisotopic (exact) mass is 1800 g/mol. The van der Waals surface area contributed by atoms with Crippen LogP contribution in [-0.2, 0) is 0 Å². The van der Waals surface area contributed by atoms with E-state index in [2.05, 4.69) is 413 Å². The van der Waals surface area contributed by atoms with Crippen LogP contribution in [0.5, 0.6) is 0 Å². The topological polar surface area (TPSA) is 110 Å². The molecule has 0 unspecified atom stereocenters. The third kappa shape index (κ3) is 13.0. The second-order valence-electron chi connectivity index (χ2n) is 35.8. The lowest BCUT2D eigenvalue weighted by Crippen LogP contribution is -2.04. The van der Waals surface area contributed by atoms with Crippen molar-refractivity contribution in [1.29, 1.82) is 0 Å². The largest absolute Gasteiger partial charge is 0.456 e. The first-order chi connectivity index (χ1) is 69.4. The van der Waals surface area contributed by atoms with Gasteiger partial charge < -0.3 is 18.1 Å². The van der Waals surface area contributed by atoms with E-state index in [4.69, 9.17) is 34.3 Å². The Hall–Kier alpha value is -18.6. The molecule has 21 aromatic carbocycles. The number of hydrogen-bond donors (Lipinski definition) is 0. The van der Waals surface area contributed by atoms with Crippen LogP contribution in [0.1, 0.15) is 0 Å². The maximum Gasteiger partial charge on any atom is 0.165 e. The molecule has 30 aromatic rings. The average molecular weight is 1800 g/mol. The van der Waals surface area contributed by atoms with Gasteiger partial charge in [-0.1, -0.05) is 322 Å². The van der Waals surface area contributed by atoms with E-state index in [1.807, 2.05) is 90.2 Å². The van der Waals surface area contributed by atoms with Crippen LogP contribution in [0, 0.1) is 0 Å². The van der Waals surface area contributed by atoms with Crippen molar-refractivity contribution in [2.24, 2.45) is 0 Å². The predicted octanol–water partition coefficient (Wildman–Crippen LogP) is 33.9. The van der Waals surface area contributed by atoms with Crippen molar-refractivity contribution in [2.45, 2.75) is 0 Å². The zero-order chi connectivity index (χ0) is 92.0. The molecule has 30 rings (SSSR count). The van der Waals surface area contributed by atoms with Gasteiger partial charge in [-0.25, -0.2) is 29.9 Å². The van der Waals surface area contributed by atoms with Gasteiger partial charge in [-0.15, -0.1) is 11.3 Å². The van der Waals surface area contributed by atoms with Gasteiger partial charge in [-0.3, -0.25) is 4.57 Å². The van der Waals surface area contributed by atoms with E-state index in [-0.39, 0.29) is 0 Å². The first-order valence-electron chi connectivity index (χ1n) is 47.3. The van der Waals surface area contributed by atoms with Crippen molar-refractivity contribution in [1.82, 2.24) is 48.2 Å². The van der Waals surface area contributed by atoms with Gasteiger partial charge in [0.15, 0.2) is 17.5 Å². The van der Waals surface area contributed by atoms with Gasteiger partial charge in [0.05, 0.1) is 77.6 Å². The number of benzene rings is 21. The zero-order valence-electron chi connectivity index (χ0n) is 75.3. The minimum atomic E-state index is 0.714. The Labute approximate surface area is 805 Å². The Morgan fingerprint density at radius 3 is 1.19 bits per heavy atom. The average Bonchev–Trinajstić information content (AvgIpc) is 1.56. The van der Waals surface area contributed by atoms with Gasteiger partial charge in [-0.05, 0) is 174 Å². The molecule has 0 atom stereocenters. The summed E-state index contributed by atoms with van der Waals surface area (Å²) in [6, 6.07) is 167. The van der Waals surface area contributed by atoms with Crippen LogP contribution in [0.2, 0.25) is 0 Å². The number of aromatic nitrogens is 10. The van der Waals surface area contributed by atoms with Crippen molar-refractivity contribution < 1.29 is 4.42 Å². The molecule has 0 radical (unpaired) electrons. The van der Waals surface area contributed by atoms with Crippen LogP contribution in [0.15, 0.2) is 478 Å². The normalized spacial score (nSPS) is 11.9. The van der Waals surface area contributed by atoms with E-state index in [1.165, 1.54) is 124 Å². The summed E-state index contributed by atoms with van der Waals surface area (Å²) in [4.78, 5) is 30.8. The van der Waals surface area contributed by atoms with Crippen LogP contribution < -0.4 is 0 Å². The molecular weight excluding hydrogens is 1730 g/mol. The molecule has 0 fully saturated rings. The number of hydrogen-bond acceptors (Lipinski definition) is 8. The van der Waals surface area contributed by atoms with E-state index >= 15 is 0 Å². The van der Waals surface area contributed by atoms with Crippen LogP contribution in [-0.4, -0.2) is 48.2 Å². The smallest absolute Gasteiger partial charge is 0.165 e. The molecule has 140 heavy (non-hydrogen) atoms. The molecule has 9 heterocycles. The summed E-state index contributed by atoms with van der Waals surface area (Å²) in [5.74, 6) is 2.25. The molecule has 0 N–H and O–H groups in total. The summed E-state index contributed by atoms with van der Waals surface area (Å²) in [5.41, 5.74) is 28.3. The highest BCUT2D eigenvalue weighted by molar-refractivity contribution is 7.26. The maximum atomic E-state index is 6.25. The van der Waals surface area contributed by atoms with Crippen molar-refractivity contribution in [2.75, 3.05) is 0 Å². The fourth-order valence-corrected chi connectivity index (χ4v) is 22.8. The third-order valence-corrected chi connectivity index (χ3v) is 29.1. The van der Waals surface area contributed by atoms with Gasteiger partial charge in [0.1, 0.15) is 16.9 Å². The molecule has 652 valence electrons. The summed E-state index contributed by atoms with van der Waals surface area (Å²) < 4.78 is 18.4. The second kappa shape index (κ2) is 32.6. The van der Waals surface area contributed by atoms with E-state index in [1.54, 1.807) is 0 Å². The second-order valence-corrected chi connectivity index (χ2v) is 36.9. The van der Waals surface area contributed by atoms with Gasteiger partial charge in [0.2, 0.25) is 0 Å². The lowest BCUT2D eigenvalue weighted by atomic mass is 10.0. The maximum absolute atomic E-state index is 6.25. The zero-order valence-corrected chi connectivity index (χ0v) is 76.1. The molecule has 0 bridgehead atoms. The lowest BCUT2D eigenvalue weighted by molar-refractivity contribution is 0.669. The van der Waals surface area contributed by atoms with E-state index in [9.17, 15) is 0 Å². The Kier molecular flexibility index (Phi) is 18.6. The number of para-hydroxylation sites is 10. The molecule has 11 nitrogen and oxygen atoms in total. The highest BCUT2D eigenvalue weighted by atomic mass is 32.1. The van der Waals surface area contributed by atoms with Crippen molar-refractivity contribution in [3.63, 3.8) is 0 Å². The van der Waals surface area contributed by atoms with Crippen LogP contribution in [0.4, 0.5) is 0 Å². The number of nitrogens with zero attached hydrogens (tertiary/aromatic N) is 10. The van der Waals surface area contributed by atoms with Crippen molar-refractivity contribution in [3.05, 3.63) is 473 Å². The van der Waals surface area contributed by atoms with Gasteiger partial charge >= 0.3 is 0 Å². The van der Waals surface area contributed by atoms with E-state index in [0.717, 1.165) is 145 Å². The first kappa shape index (κ1) is 79.9. The number of fused-ring (bicyclic) bond motifs is 27. The van der Waals surface area contributed by atoms with Crippen LogP contribution in [0.25, 0.3) is 274 Å². The molecule has 0 amide bonds. The Morgan fingerprint density at radius 1 is 0.186 bits per heavy atom. The van der Waals surface area contributed by atoms with Crippen LogP contribution >= 0.6 is 11.3 Å². The van der Waals surface area contributed by atoms with Crippen molar-refractivity contribution >= 4 is 195 Å². The molecule has 12 heteroatoms. The van der Waals surface area contributed by atoms with Crippen molar-refractivity contribution in [3.8, 4) is 90.6 Å². The standard InChI is InChI=1S/C44H28N4.C42H25N3O.C42H25N3S/c1-3-13-29(14-4-1)30-23-25-31(26-24-30)43-44(46-38-20-10-9-19-37(38)45-43)48-40-22-12-8-18-34(40)36-27-35-33-17-7-11-21-39(33)47(41(35)28-42(36)48)32-15-5-2-6-16-32;1-2-10-26(11-3-1)40-33-13-4-7-15-35(33)43-42(44-40)27-18-20-28(21-19-27)45-36-16-8-5-12-29(36)31-23-22-30-32(41(31)45)24-25-38-39(30)34-14-6-9-17-37(34)46-38;1-2-10-26(11-3-1)40-33-13-4-7-15-35(33)43-42(44-40)27-18-20-28(21-19-27)45-36-16-8-5-14-34(36)39-30-22-23-31-29-12-6-9-17-38(29)46-41(31)32(30)24-25-37(39)45/h1-28H;2*1-25H. The van der Waals surface area contributed by atoms with E-state index in [0.29, 0.717) is 5.82 Å². The molecule has 0 saturated carbocycles. The Bertz CT molecular complexity index is 10300. The Morgan fingerprint density at radius 2 is 0.571 bits per heavy atom. The Balaban J connectivity index is 0.000000103. The molecule has 0 aliphatic heterocycles. The van der Waals surface area contributed by atoms with Gasteiger partial charge in [0.25, 0.3) is 0 Å². The number of furan rings is 1. The molecule has 0 saturated heterocycles. The van der Waals surface area contributed by atoms with Gasteiger partial charge in [0, 0.05) is 140 Å². The fourth-order valence-electron chi connectivity index (χ4n) is 21.6. The lowest BCUT2D eigenvalue weighted by Gasteiger charge is -2.14. The minimum absolute atomic E-state index is 0.714. The SMILES string of the molecule is c1ccc(-c2ccc(-c3nc4ccccc4nc3-n3c4ccccc4c4cc5c6ccccc6n(-c6ccccc6)c5cc43)cc2)cc1.c1ccc(-c2nc(-c3ccc(-n4c5ccccc5c5c6ccc7c8ccccc8sc7c6ccc54)cc3)nc3ccccc23)cc1.c1ccc(-c2nc(-c3ccc(-n4c5ccccc5c5ccc6c(ccc7oc8ccccc8c76)c54)cc3)nc3ccccc23)cc1. The van der Waals surface area contributed by atoms with Gasteiger partial charge in [-0.2, -0.15) is 0 Å². The fraction of sp³-hybridized carbons (Fsp3) is 0. The molecule has 0 spiro atoms. The van der Waals surface area contributed by atoms with Crippen LogP contribution in [0.3, 0.4) is 0 Å².